The molecule has 1 unspecified atom stereocenters. The molecule has 0 saturated carbocycles. The molecule has 1 heterocycles. The Balaban J connectivity index is 2.13. The lowest BCUT2D eigenvalue weighted by Crippen LogP contribution is -2.45. The van der Waals surface area contributed by atoms with Gasteiger partial charge < -0.3 is 19.7 Å². The molecule has 160 valence electrons. The van der Waals surface area contributed by atoms with Gasteiger partial charge in [0.05, 0.1) is 0 Å². The molecule has 0 spiro atoms. The first-order chi connectivity index (χ1) is 13.5. The average molecular weight is 472 g/mol. The van der Waals surface area contributed by atoms with E-state index in [0.29, 0.717) is 19.4 Å². The molecular formula is C20H26BrNO7. The fourth-order valence-corrected chi connectivity index (χ4v) is 3.23. The van der Waals surface area contributed by atoms with Crippen LogP contribution in [0.1, 0.15) is 50.4 Å². The number of likely N-dealkylation sites (tertiary alicyclic amines) is 1. The number of hydrogen-bond donors (Lipinski definition) is 2. The Morgan fingerprint density at radius 1 is 1.21 bits per heavy atom. The van der Waals surface area contributed by atoms with Gasteiger partial charge in [-0.1, -0.05) is 28.1 Å². The Morgan fingerprint density at radius 3 is 2.38 bits per heavy atom. The van der Waals surface area contributed by atoms with Gasteiger partial charge >= 0.3 is 12.1 Å². The number of aliphatic hydroxyl groups is 2. The molecule has 2 rings (SSSR count). The lowest BCUT2D eigenvalue weighted by molar-refractivity contribution is -0.156. The monoisotopic (exact) mass is 471 g/mol. The van der Waals surface area contributed by atoms with Gasteiger partial charge in [-0.15, -0.1) is 0 Å². The van der Waals surface area contributed by atoms with Crippen molar-refractivity contribution in [2.45, 2.75) is 64.1 Å². The molecule has 0 aliphatic carbocycles. The van der Waals surface area contributed by atoms with E-state index in [1.165, 1.54) is 4.90 Å². The first-order valence-electron chi connectivity index (χ1n) is 9.34. The van der Waals surface area contributed by atoms with Gasteiger partial charge in [-0.25, -0.2) is 9.59 Å². The fourth-order valence-electron chi connectivity index (χ4n) is 2.97. The summed E-state index contributed by atoms with van der Waals surface area (Å²) in [5, 5.41) is 18.7. The second kappa shape index (κ2) is 9.69. The van der Waals surface area contributed by atoms with E-state index in [0.717, 1.165) is 4.47 Å². The summed E-state index contributed by atoms with van der Waals surface area (Å²) in [4.78, 5) is 39.1. The number of carbonyl (C=O) groups is 3. The van der Waals surface area contributed by atoms with E-state index in [1.807, 2.05) is 0 Å². The Kier molecular flexibility index (Phi) is 7.79. The zero-order chi connectivity index (χ0) is 21.8. The van der Waals surface area contributed by atoms with Crippen LogP contribution >= 0.6 is 15.9 Å². The quantitative estimate of drug-likeness (QED) is 0.372. The molecule has 0 bridgehead atoms. The number of amides is 1. The minimum absolute atomic E-state index is 0.266. The molecule has 2 atom stereocenters. The Bertz CT molecular complexity index is 742. The minimum Gasteiger partial charge on any atom is -0.452 e. The number of Topliss-reactive ketones (excluding diaryl/α,β-unsaturated/α-hetero) is 1. The molecular weight excluding hydrogens is 446 g/mol. The number of aliphatic hydroxyl groups excluding tert-OH is 1. The number of nitrogens with zero attached hydrogens (tertiary/aromatic N) is 1. The highest BCUT2D eigenvalue weighted by Gasteiger charge is 2.39. The van der Waals surface area contributed by atoms with Crippen molar-refractivity contribution in [2.24, 2.45) is 0 Å². The number of halogens is 1. The SMILES string of the molecule is CC(C)(C)OC(=O)N1CCC[C@H]1C(=O)OC(CC(O)O)C(=O)c1ccc(Br)cc1. The molecule has 8 nitrogen and oxygen atoms in total. The van der Waals surface area contributed by atoms with E-state index in [1.54, 1.807) is 45.0 Å². The highest BCUT2D eigenvalue weighted by atomic mass is 79.9. The van der Waals surface area contributed by atoms with Crippen LogP contribution in [0.25, 0.3) is 0 Å². The smallest absolute Gasteiger partial charge is 0.411 e. The summed E-state index contributed by atoms with van der Waals surface area (Å²) < 4.78 is 11.4. The topological polar surface area (TPSA) is 113 Å². The van der Waals surface area contributed by atoms with Gasteiger partial charge in [0, 0.05) is 23.0 Å². The van der Waals surface area contributed by atoms with E-state index >= 15 is 0 Å². The highest BCUT2D eigenvalue weighted by Crippen LogP contribution is 2.23. The summed E-state index contributed by atoms with van der Waals surface area (Å²) in [6, 6.07) is 5.51. The second-order valence-electron chi connectivity index (χ2n) is 7.84. The fraction of sp³-hybridized carbons (Fsp3) is 0.550. The standard InChI is InChI=1S/C20H26BrNO7/c1-20(2,3)29-19(27)22-10-4-5-14(22)18(26)28-15(11-16(23)24)17(25)12-6-8-13(21)9-7-12/h6-9,14-16,23-24H,4-5,10-11H2,1-3H3/t14-,15?/m0/s1. The molecule has 1 aromatic carbocycles. The van der Waals surface area contributed by atoms with Gasteiger partial charge in [0.15, 0.2) is 12.4 Å². The molecule has 1 aliphatic heterocycles. The lowest BCUT2D eigenvalue weighted by atomic mass is 10.0. The molecule has 1 amide bonds. The Morgan fingerprint density at radius 2 is 1.83 bits per heavy atom. The molecule has 29 heavy (non-hydrogen) atoms. The van der Waals surface area contributed by atoms with Gasteiger partial charge in [-0.2, -0.15) is 0 Å². The van der Waals surface area contributed by atoms with Gasteiger partial charge in [-0.3, -0.25) is 9.69 Å². The van der Waals surface area contributed by atoms with Crippen LogP contribution in [0, 0.1) is 0 Å². The summed E-state index contributed by atoms with van der Waals surface area (Å²) in [5.41, 5.74) is -0.447. The normalized spacial score (nSPS) is 17.9. The van der Waals surface area contributed by atoms with Crippen molar-refractivity contribution >= 4 is 33.8 Å². The van der Waals surface area contributed by atoms with Crippen LogP contribution in [0.5, 0.6) is 0 Å². The van der Waals surface area contributed by atoms with Crippen molar-refractivity contribution < 1.29 is 34.1 Å². The van der Waals surface area contributed by atoms with Crippen LogP contribution in [0.3, 0.4) is 0 Å². The van der Waals surface area contributed by atoms with Gasteiger partial charge in [0.25, 0.3) is 0 Å². The molecule has 1 saturated heterocycles. The molecule has 1 aliphatic rings. The summed E-state index contributed by atoms with van der Waals surface area (Å²) in [6.45, 7) is 5.51. The second-order valence-corrected chi connectivity index (χ2v) is 8.76. The van der Waals surface area contributed by atoms with Crippen molar-refractivity contribution in [2.75, 3.05) is 6.54 Å². The van der Waals surface area contributed by atoms with E-state index < -0.39 is 48.3 Å². The summed E-state index contributed by atoms with van der Waals surface area (Å²) in [6.07, 6.45) is -3.36. The van der Waals surface area contributed by atoms with E-state index in [-0.39, 0.29) is 5.56 Å². The first kappa shape index (κ1) is 23.3. The van der Waals surface area contributed by atoms with Crippen LogP contribution < -0.4 is 0 Å². The maximum absolute atomic E-state index is 12.7. The highest BCUT2D eigenvalue weighted by molar-refractivity contribution is 9.10. The summed E-state index contributed by atoms with van der Waals surface area (Å²) in [5.74, 6) is -1.33. The van der Waals surface area contributed by atoms with Crippen molar-refractivity contribution in [1.29, 1.82) is 0 Å². The van der Waals surface area contributed by atoms with Crippen LogP contribution in [-0.4, -0.2) is 63.5 Å². The lowest BCUT2D eigenvalue weighted by Gasteiger charge is -2.28. The van der Waals surface area contributed by atoms with E-state index in [4.69, 9.17) is 9.47 Å². The zero-order valence-electron chi connectivity index (χ0n) is 16.6. The predicted octanol–water partition coefficient (Wildman–Crippen LogP) is 2.64. The van der Waals surface area contributed by atoms with E-state index in [2.05, 4.69) is 15.9 Å². The molecule has 0 radical (unpaired) electrons. The molecule has 9 heteroatoms. The van der Waals surface area contributed by atoms with Crippen LogP contribution in [0.2, 0.25) is 0 Å². The molecule has 2 N–H and O–H groups in total. The van der Waals surface area contributed by atoms with Crippen LogP contribution in [0.4, 0.5) is 4.79 Å². The first-order valence-corrected chi connectivity index (χ1v) is 10.1. The minimum atomic E-state index is -1.84. The number of carbonyl (C=O) groups excluding carboxylic acids is 3. The largest absolute Gasteiger partial charge is 0.452 e. The summed E-state index contributed by atoms with van der Waals surface area (Å²) >= 11 is 3.27. The third kappa shape index (κ3) is 6.80. The molecule has 0 aromatic heterocycles. The summed E-state index contributed by atoms with van der Waals surface area (Å²) in [7, 11) is 0. The van der Waals surface area contributed by atoms with E-state index in [9.17, 15) is 24.6 Å². The van der Waals surface area contributed by atoms with Gasteiger partial charge in [-0.05, 0) is 45.7 Å². The Hall–Kier alpha value is -1.97. The number of benzene rings is 1. The van der Waals surface area contributed by atoms with Gasteiger partial charge in [0.2, 0.25) is 5.78 Å². The third-order valence-electron chi connectivity index (χ3n) is 4.26. The van der Waals surface area contributed by atoms with Gasteiger partial charge in [0.1, 0.15) is 11.6 Å². The van der Waals surface area contributed by atoms with Crippen molar-refractivity contribution in [3.63, 3.8) is 0 Å². The van der Waals surface area contributed by atoms with Crippen LogP contribution in [0.15, 0.2) is 28.7 Å². The van der Waals surface area contributed by atoms with Crippen LogP contribution in [-0.2, 0) is 14.3 Å². The molecule has 1 fully saturated rings. The zero-order valence-corrected chi connectivity index (χ0v) is 18.2. The van der Waals surface area contributed by atoms with Crippen molar-refractivity contribution in [3.8, 4) is 0 Å². The Labute approximate surface area is 177 Å². The third-order valence-corrected chi connectivity index (χ3v) is 4.79. The molecule has 1 aromatic rings. The maximum Gasteiger partial charge on any atom is 0.411 e. The average Bonchev–Trinajstić information content (AvgIpc) is 3.09. The maximum atomic E-state index is 12.7. The number of ketones is 1. The number of ether oxygens (including phenoxy) is 2. The van der Waals surface area contributed by atoms with Crippen molar-refractivity contribution in [1.82, 2.24) is 4.90 Å². The number of hydrogen-bond acceptors (Lipinski definition) is 7. The number of rotatable bonds is 6. The van der Waals surface area contributed by atoms with Crippen molar-refractivity contribution in [3.05, 3.63) is 34.3 Å². The number of esters is 1. The predicted molar refractivity (Wildman–Crippen MR) is 107 cm³/mol.